The van der Waals surface area contributed by atoms with Crippen LogP contribution < -0.4 is 10.5 Å². The number of aliphatic carboxylic acids is 1. The van der Waals surface area contributed by atoms with Gasteiger partial charge in [0.15, 0.2) is 12.6 Å². The number of esters is 1. The molecule has 28 heavy (non-hydrogen) atoms. The van der Waals surface area contributed by atoms with Crippen LogP contribution in [0.2, 0.25) is 0 Å². The van der Waals surface area contributed by atoms with E-state index in [2.05, 4.69) is 0 Å². The molecule has 0 bridgehead atoms. The van der Waals surface area contributed by atoms with Crippen molar-refractivity contribution < 1.29 is 43.1 Å². The smallest absolute Gasteiger partial charge is 0.321 e. The normalized spacial score (nSPS) is 29.9. The number of nitrogens with two attached hydrogens (primary N) is 1. The summed E-state index contributed by atoms with van der Waals surface area (Å²) < 4.78 is 33.1. The highest BCUT2D eigenvalue weighted by Crippen LogP contribution is 2.40. The number of rotatable bonds is 8. The largest absolute Gasteiger partial charge is 0.497 e. The Balaban J connectivity index is 1.60. The first-order chi connectivity index (χ1) is 13.4. The third-order valence-electron chi connectivity index (χ3n) is 4.56. The first-order valence-electron chi connectivity index (χ1n) is 8.70. The van der Waals surface area contributed by atoms with Crippen molar-refractivity contribution in [2.75, 3.05) is 20.8 Å². The molecule has 1 aromatic carbocycles. The molecule has 0 saturated carbocycles. The van der Waals surface area contributed by atoms with E-state index in [1.165, 1.54) is 7.11 Å². The minimum atomic E-state index is -1.32. The van der Waals surface area contributed by atoms with Crippen LogP contribution in [0.3, 0.4) is 0 Å². The summed E-state index contributed by atoms with van der Waals surface area (Å²) in [5.41, 5.74) is 6.13. The zero-order chi connectivity index (χ0) is 20.3. The van der Waals surface area contributed by atoms with Crippen molar-refractivity contribution in [3.63, 3.8) is 0 Å². The molecule has 0 aromatic heterocycles. The summed E-state index contributed by atoms with van der Waals surface area (Å²) in [6.45, 7) is -0.134. The number of benzene rings is 1. The number of fused-ring (bicyclic) bond motifs is 1. The highest BCUT2D eigenvalue weighted by atomic mass is 16.8. The van der Waals surface area contributed by atoms with E-state index in [9.17, 15) is 9.59 Å². The molecule has 0 radical (unpaired) electrons. The van der Waals surface area contributed by atoms with Gasteiger partial charge in [-0.3, -0.25) is 9.59 Å². The predicted molar refractivity (Wildman–Crippen MR) is 92.3 cm³/mol. The van der Waals surface area contributed by atoms with Gasteiger partial charge in [0.05, 0.1) is 13.5 Å². The van der Waals surface area contributed by atoms with Crippen LogP contribution in [0.1, 0.15) is 18.3 Å². The third-order valence-corrected chi connectivity index (χ3v) is 4.56. The highest BCUT2D eigenvalue weighted by molar-refractivity contribution is 5.81. The first kappa shape index (κ1) is 20.5. The molecule has 10 nitrogen and oxygen atoms in total. The molecular formula is C18H23NO9. The quantitative estimate of drug-likeness (QED) is 0.585. The highest BCUT2D eigenvalue weighted by Gasteiger charge is 2.53. The van der Waals surface area contributed by atoms with Crippen LogP contribution in [-0.4, -0.2) is 68.5 Å². The van der Waals surface area contributed by atoms with Gasteiger partial charge < -0.3 is 39.3 Å². The zero-order valence-corrected chi connectivity index (χ0v) is 15.5. The van der Waals surface area contributed by atoms with E-state index in [1.54, 1.807) is 19.2 Å². The maximum Gasteiger partial charge on any atom is 0.321 e. The van der Waals surface area contributed by atoms with Crippen molar-refractivity contribution in [3.05, 3.63) is 29.8 Å². The minimum absolute atomic E-state index is 0.134. The van der Waals surface area contributed by atoms with Crippen LogP contribution in [0.25, 0.3) is 0 Å². The third kappa shape index (κ3) is 4.42. The van der Waals surface area contributed by atoms with E-state index in [-0.39, 0.29) is 6.61 Å². The monoisotopic (exact) mass is 397 g/mol. The van der Waals surface area contributed by atoms with Crippen LogP contribution in [0, 0.1) is 0 Å². The fourth-order valence-electron chi connectivity index (χ4n) is 3.06. The standard InChI is InChI=1S/C18H23NO9/c1-23-10-5-3-9(4-6-10)17-27-14-12(26-18(24-2)15(14)28-17)8-25-13(20)7-11(19)16(21)22/h3-6,11-12,14-15,17-18H,7-8,19H2,1-2H3,(H,21,22)/t11?,12-,14-,15-,17?,18?/m1/s1. The van der Waals surface area contributed by atoms with Crippen LogP contribution in [0.4, 0.5) is 0 Å². The SMILES string of the molecule is COc1ccc(C2O[C@@H]3[C@@H](COC(=O)CC(N)C(=O)O)OC(OC)[C@@H]3O2)cc1. The fourth-order valence-corrected chi connectivity index (χ4v) is 3.06. The molecule has 2 aliphatic heterocycles. The second-order valence-electron chi connectivity index (χ2n) is 6.42. The van der Waals surface area contributed by atoms with Gasteiger partial charge in [-0.25, -0.2) is 0 Å². The van der Waals surface area contributed by atoms with Crippen molar-refractivity contribution in [1.82, 2.24) is 0 Å². The Bertz CT molecular complexity index is 695. The van der Waals surface area contributed by atoms with E-state index >= 15 is 0 Å². The molecule has 6 atom stereocenters. The number of hydrogen-bond acceptors (Lipinski definition) is 9. The topological polar surface area (TPSA) is 136 Å². The summed E-state index contributed by atoms with van der Waals surface area (Å²) in [7, 11) is 3.06. The van der Waals surface area contributed by atoms with Crippen LogP contribution >= 0.6 is 0 Å². The molecule has 2 heterocycles. The summed E-state index contributed by atoms with van der Waals surface area (Å²) in [5, 5.41) is 8.75. The first-order valence-corrected chi connectivity index (χ1v) is 8.70. The summed E-state index contributed by atoms with van der Waals surface area (Å²) in [6, 6.07) is 5.93. The zero-order valence-electron chi connectivity index (χ0n) is 15.5. The van der Waals surface area contributed by atoms with Crippen molar-refractivity contribution in [1.29, 1.82) is 0 Å². The van der Waals surface area contributed by atoms with Gasteiger partial charge in [-0.05, 0) is 12.1 Å². The van der Waals surface area contributed by atoms with Crippen LogP contribution in [0.5, 0.6) is 5.75 Å². The Kier molecular flexibility index (Phi) is 6.47. The van der Waals surface area contributed by atoms with Gasteiger partial charge in [-0.2, -0.15) is 0 Å². The number of carboxylic acids is 1. The van der Waals surface area contributed by atoms with Gasteiger partial charge in [-0.1, -0.05) is 12.1 Å². The molecule has 3 rings (SSSR count). The maximum atomic E-state index is 11.8. The average Bonchev–Trinajstić information content (AvgIpc) is 3.26. The van der Waals surface area contributed by atoms with Crippen molar-refractivity contribution in [2.45, 2.75) is 43.4 Å². The lowest BCUT2D eigenvalue weighted by molar-refractivity contribution is -0.204. The molecule has 10 heteroatoms. The number of methoxy groups -OCH3 is 2. The van der Waals surface area contributed by atoms with Crippen molar-refractivity contribution >= 4 is 11.9 Å². The fraction of sp³-hybridized carbons (Fsp3) is 0.556. The lowest BCUT2D eigenvalue weighted by atomic mass is 10.1. The van der Waals surface area contributed by atoms with Gasteiger partial charge in [0.2, 0.25) is 0 Å². The Morgan fingerprint density at radius 2 is 1.82 bits per heavy atom. The van der Waals surface area contributed by atoms with Crippen molar-refractivity contribution in [2.24, 2.45) is 5.73 Å². The molecular weight excluding hydrogens is 374 g/mol. The van der Waals surface area contributed by atoms with Gasteiger partial charge in [0.1, 0.15) is 36.7 Å². The predicted octanol–water partition coefficient (Wildman–Crippen LogP) is 0.194. The number of carbonyl (C=O) groups is 2. The summed E-state index contributed by atoms with van der Waals surface area (Å²) >= 11 is 0. The molecule has 2 saturated heterocycles. The Morgan fingerprint density at radius 3 is 2.43 bits per heavy atom. The number of carboxylic acid groups (broad SMARTS) is 1. The van der Waals surface area contributed by atoms with E-state index in [1.807, 2.05) is 12.1 Å². The van der Waals surface area contributed by atoms with E-state index in [0.717, 1.165) is 5.56 Å². The molecule has 0 spiro atoms. The summed E-state index contributed by atoms with van der Waals surface area (Å²) in [4.78, 5) is 22.5. The summed E-state index contributed by atoms with van der Waals surface area (Å²) in [6.07, 6.45) is -3.38. The van der Waals surface area contributed by atoms with Crippen LogP contribution in [0.15, 0.2) is 24.3 Å². The van der Waals surface area contributed by atoms with Crippen LogP contribution in [-0.2, 0) is 33.3 Å². The van der Waals surface area contributed by atoms with Gasteiger partial charge >= 0.3 is 11.9 Å². The minimum Gasteiger partial charge on any atom is -0.497 e. The second-order valence-corrected chi connectivity index (χ2v) is 6.42. The number of carbonyl (C=O) groups excluding carboxylic acids is 1. The van der Waals surface area contributed by atoms with E-state index < -0.39 is 55.3 Å². The lowest BCUT2D eigenvalue weighted by Gasteiger charge is -2.20. The molecule has 2 fully saturated rings. The molecule has 3 unspecified atom stereocenters. The second kappa shape index (κ2) is 8.84. The Morgan fingerprint density at radius 1 is 1.14 bits per heavy atom. The Labute approximate surface area is 161 Å². The molecule has 154 valence electrons. The van der Waals surface area contributed by atoms with Gasteiger partial charge in [0, 0.05) is 12.7 Å². The molecule has 0 aliphatic carbocycles. The maximum absolute atomic E-state index is 11.8. The van der Waals surface area contributed by atoms with E-state index in [4.69, 9.17) is 39.3 Å². The molecule has 2 aliphatic rings. The van der Waals surface area contributed by atoms with Gasteiger partial charge in [0.25, 0.3) is 0 Å². The Hall–Kier alpha value is -2.24. The van der Waals surface area contributed by atoms with E-state index in [0.29, 0.717) is 5.75 Å². The number of hydrogen-bond donors (Lipinski definition) is 2. The molecule has 1 aromatic rings. The van der Waals surface area contributed by atoms with Gasteiger partial charge in [-0.15, -0.1) is 0 Å². The van der Waals surface area contributed by atoms with Crippen molar-refractivity contribution in [3.8, 4) is 5.75 Å². The molecule has 3 N–H and O–H groups in total. The molecule has 0 amide bonds. The lowest BCUT2D eigenvalue weighted by Crippen LogP contribution is -2.35. The summed E-state index contributed by atoms with van der Waals surface area (Å²) in [5.74, 6) is -1.30. The number of ether oxygens (including phenoxy) is 6. The average molecular weight is 397 g/mol.